The lowest BCUT2D eigenvalue weighted by atomic mass is 9.80. The number of pyridine rings is 1. The number of fused-ring (bicyclic) bond motifs is 2. The summed E-state index contributed by atoms with van der Waals surface area (Å²) in [6.45, 7) is 4.36. The van der Waals surface area contributed by atoms with Crippen LogP contribution in [0.15, 0.2) is 42.7 Å². The SMILES string of the molecule is C[C@H]1CC(=O)N(Cc2cc3nccc(-c4cc(Cl)cc5ccn(CC6(C#N)CCNCC6)c45)c3s2)C1=O.O=C(O)C(F)(F)F. The Morgan fingerprint density at radius 2 is 1.93 bits per heavy atom. The number of nitrogens with one attached hydrogen (secondary N) is 1. The van der Waals surface area contributed by atoms with Gasteiger partial charge in [0.1, 0.15) is 0 Å². The molecule has 0 bridgehead atoms. The minimum atomic E-state index is -5.08. The van der Waals surface area contributed by atoms with Crippen LogP contribution in [0.1, 0.15) is 31.1 Å². The fraction of sp³-hybridized carbons (Fsp3) is 0.367. The van der Waals surface area contributed by atoms with Gasteiger partial charge in [0.15, 0.2) is 0 Å². The standard InChI is InChI=1S/C28H26ClN5O2S.C2HF3O2/c1-17-10-24(35)34(27(17)36)14-20-13-23-26(37-20)21(2-6-32-23)22-12-19(29)11-18-3-9-33(25(18)22)16-28(15-30)4-7-31-8-5-28;3-2(4,5)1(6)7/h2-3,6,9,11-13,17,31H,4-5,7-8,10,14,16H2,1H3;(H,6,7)/t17-;/m0./s1. The van der Waals surface area contributed by atoms with Gasteiger partial charge in [0, 0.05) is 57.7 Å². The van der Waals surface area contributed by atoms with E-state index in [-0.39, 0.29) is 30.7 Å². The molecule has 1 aromatic carbocycles. The van der Waals surface area contributed by atoms with Crippen molar-refractivity contribution >= 4 is 61.8 Å². The van der Waals surface area contributed by atoms with Crippen molar-refractivity contribution in [2.45, 2.75) is 45.5 Å². The molecule has 6 rings (SSSR count). The highest BCUT2D eigenvalue weighted by molar-refractivity contribution is 7.19. The number of amides is 2. The largest absolute Gasteiger partial charge is 0.490 e. The summed E-state index contributed by atoms with van der Waals surface area (Å²) in [6.07, 6.45) is 0.644. The number of hydrogen-bond donors (Lipinski definition) is 2. The summed E-state index contributed by atoms with van der Waals surface area (Å²) in [7, 11) is 0. The number of benzene rings is 1. The normalized spacial score (nSPS) is 18.4. The molecule has 9 nitrogen and oxygen atoms in total. The third-order valence-electron chi connectivity index (χ3n) is 7.88. The zero-order valence-electron chi connectivity index (χ0n) is 23.4. The maximum atomic E-state index is 12.5. The number of imide groups is 1. The van der Waals surface area contributed by atoms with E-state index in [0.717, 1.165) is 63.1 Å². The van der Waals surface area contributed by atoms with Crippen LogP contribution in [-0.2, 0) is 27.5 Å². The average Bonchev–Trinajstić information content (AvgIpc) is 3.64. The first-order valence-corrected chi connectivity index (χ1v) is 14.9. The van der Waals surface area contributed by atoms with Gasteiger partial charge in [0.05, 0.1) is 33.8 Å². The molecule has 0 spiro atoms. The predicted molar refractivity (Wildman–Crippen MR) is 159 cm³/mol. The van der Waals surface area contributed by atoms with Crippen LogP contribution in [0.5, 0.6) is 0 Å². The molecule has 2 saturated heterocycles. The van der Waals surface area contributed by atoms with E-state index < -0.39 is 17.6 Å². The number of piperidine rings is 1. The van der Waals surface area contributed by atoms with E-state index in [1.807, 2.05) is 24.3 Å². The monoisotopic (exact) mass is 645 g/mol. The Bertz CT molecular complexity index is 1810. The number of thiophene rings is 1. The van der Waals surface area contributed by atoms with Crippen molar-refractivity contribution < 1.29 is 32.7 Å². The first kappa shape index (κ1) is 31.4. The van der Waals surface area contributed by atoms with Gasteiger partial charge in [-0.05, 0) is 56.3 Å². The number of nitriles is 1. The van der Waals surface area contributed by atoms with Crippen LogP contribution in [0.25, 0.3) is 32.2 Å². The van der Waals surface area contributed by atoms with Gasteiger partial charge in [-0.3, -0.25) is 19.5 Å². The lowest BCUT2D eigenvalue weighted by Crippen LogP contribution is -2.38. The molecule has 230 valence electrons. The maximum Gasteiger partial charge on any atom is 0.490 e. The van der Waals surface area contributed by atoms with Crippen molar-refractivity contribution in [3.8, 4) is 17.2 Å². The Kier molecular flexibility index (Phi) is 8.71. The van der Waals surface area contributed by atoms with Crippen molar-refractivity contribution in [3.63, 3.8) is 0 Å². The molecule has 0 saturated carbocycles. The molecule has 44 heavy (non-hydrogen) atoms. The van der Waals surface area contributed by atoms with Gasteiger partial charge >= 0.3 is 12.1 Å². The van der Waals surface area contributed by atoms with Crippen molar-refractivity contribution in [1.29, 1.82) is 5.26 Å². The molecule has 3 aromatic heterocycles. The van der Waals surface area contributed by atoms with E-state index in [4.69, 9.17) is 21.5 Å². The molecule has 2 fully saturated rings. The number of carboxylic acid groups (broad SMARTS) is 1. The minimum Gasteiger partial charge on any atom is -0.475 e. The Morgan fingerprint density at radius 1 is 1.23 bits per heavy atom. The van der Waals surface area contributed by atoms with Gasteiger partial charge in [0.25, 0.3) is 0 Å². The Hall–Kier alpha value is -3.99. The third-order valence-corrected chi connectivity index (χ3v) is 9.24. The van der Waals surface area contributed by atoms with Crippen LogP contribution < -0.4 is 5.32 Å². The number of carboxylic acids is 1. The molecule has 2 N–H and O–H groups in total. The lowest BCUT2D eigenvalue weighted by molar-refractivity contribution is -0.192. The first-order chi connectivity index (χ1) is 20.8. The minimum absolute atomic E-state index is 0.116. The highest BCUT2D eigenvalue weighted by atomic mass is 35.5. The zero-order valence-corrected chi connectivity index (χ0v) is 25.0. The second-order valence-electron chi connectivity index (χ2n) is 11.0. The number of rotatable bonds is 5. The smallest absolute Gasteiger partial charge is 0.475 e. The number of aliphatic carboxylic acids is 1. The van der Waals surface area contributed by atoms with Crippen molar-refractivity contribution in [3.05, 3.63) is 52.6 Å². The highest BCUT2D eigenvalue weighted by Gasteiger charge is 2.38. The van der Waals surface area contributed by atoms with E-state index in [1.54, 1.807) is 24.5 Å². The summed E-state index contributed by atoms with van der Waals surface area (Å²) in [6, 6.07) is 12.6. The second kappa shape index (κ2) is 12.2. The molecule has 14 heteroatoms. The van der Waals surface area contributed by atoms with Gasteiger partial charge in [-0.15, -0.1) is 11.3 Å². The van der Waals surface area contributed by atoms with Crippen LogP contribution >= 0.6 is 22.9 Å². The van der Waals surface area contributed by atoms with Crippen LogP contribution in [0.3, 0.4) is 0 Å². The summed E-state index contributed by atoms with van der Waals surface area (Å²) in [5, 5.41) is 22.2. The first-order valence-electron chi connectivity index (χ1n) is 13.7. The number of carbonyl (C=O) groups is 3. The van der Waals surface area contributed by atoms with Crippen molar-refractivity contribution in [1.82, 2.24) is 19.8 Å². The van der Waals surface area contributed by atoms with Gasteiger partial charge < -0.3 is 15.0 Å². The number of nitrogens with zero attached hydrogens (tertiary/aromatic N) is 4. The van der Waals surface area contributed by atoms with Crippen LogP contribution in [0.4, 0.5) is 13.2 Å². The molecular formula is C30H27ClF3N5O4S. The van der Waals surface area contributed by atoms with Crippen molar-refractivity contribution in [2.24, 2.45) is 11.3 Å². The molecule has 1 atom stereocenters. The number of alkyl halides is 3. The molecule has 0 aliphatic carbocycles. The number of aromatic nitrogens is 2. The summed E-state index contributed by atoms with van der Waals surface area (Å²) < 4.78 is 34.9. The Morgan fingerprint density at radius 3 is 2.55 bits per heavy atom. The quantitative estimate of drug-likeness (QED) is 0.255. The van der Waals surface area contributed by atoms with Crippen LogP contribution in [-0.4, -0.2) is 56.6 Å². The van der Waals surface area contributed by atoms with E-state index >= 15 is 0 Å². The molecule has 0 unspecified atom stereocenters. The number of carbonyl (C=O) groups excluding carboxylic acids is 2. The number of hydrogen-bond acceptors (Lipinski definition) is 7. The maximum absolute atomic E-state index is 12.5. The van der Waals surface area contributed by atoms with E-state index in [9.17, 15) is 28.0 Å². The molecule has 2 amide bonds. The van der Waals surface area contributed by atoms with Crippen LogP contribution in [0, 0.1) is 22.7 Å². The Balaban J connectivity index is 0.000000493. The summed E-state index contributed by atoms with van der Waals surface area (Å²) in [4.78, 5) is 40.6. The van der Waals surface area contributed by atoms with Gasteiger partial charge in [-0.25, -0.2) is 4.79 Å². The Labute approximate surface area is 258 Å². The zero-order chi connectivity index (χ0) is 31.8. The third kappa shape index (κ3) is 6.29. The van der Waals surface area contributed by atoms with E-state index in [1.165, 1.54) is 4.90 Å². The highest BCUT2D eigenvalue weighted by Crippen LogP contribution is 2.41. The van der Waals surface area contributed by atoms with Gasteiger partial charge in [-0.1, -0.05) is 18.5 Å². The molecular weight excluding hydrogens is 619 g/mol. The number of halogens is 4. The summed E-state index contributed by atoms with van der Waals surface area (Å²) >= 11 is 8.13. The van der Waals surface area contributed by atoms with Crippen LogP contribution in [0.2, 0.25) is 5.02 Å². The average molecular weight is 646 g/mol. The molecule has 4 aromatic rings. The molecule has 5 heterocycles. The van der Waals surface area contributed by atoms with E-state index in [0.29, 0.717) is 11.6 Å². The molecule has 0 radical (unpaired) electrons. The summed E-state index contributed by atoms with van der Waals surface area (Å²) in [5.74, 6) is -3.26. The van der Waals surface area contributed by atoms with Crippen molar-refractivity contribution in [2.75, 3.05) is 13.1 Å². The number of likely N-dealkylation sites (tertiary alicyclic amines) is 1. The van der Waals surface area contributed by atoms with Gasteiger partial charge in [0.2, 0.25) is 11.8 Å². The predicted octanol–water partition coefficient (Wildman–Crippen LogP) is 5.99. The fourth-order valence-corrected chi connectivity index (χ4v) is 6.99. The second-order valence-corrected chi connectivity index (χ2v) is 12.6. The fourth-order valence-electron chi connectivity index (χ4n) is 5.63. The van der Waals surface area contributed by atoms with E-state index in [2.05, 4.69) is 33.2 Å². The topological polar surface area (TPSA) is 128 Å². The molecule has 2 aliphatic rings. The lowest BCUT2D eigenvalue weighted by Gasteiger charge is -2.32. The summed E-state index contributed by atoms with van der Waals surface area (Å²) in [5.41, 5.74) is 3.43. The molecule has 2 aliphatic heterocycles. The van der Waals surface area contributed by atoms with Gasteiger partial charge in [-0.2, -0.15) is 18.4 Å².